The van der Waals surface area contributed by atoms with Crippen molar-refractivity contribution in [2.24, 2.45) is 0 Å². The zero-order valence-electron chi connectivity index (χ0n) is 15.9. The first-order valence-electron chi connectivity index (χ1n) is 9.68. The summed E-state index contributed by atoms with van der Waals surface area (Å²) in [5, 5.41) is 4.32. The summed E-state index contributed by atoms with van der Waals surface area (Å²) in [6.45, 7) is 5.61. The van der Waals surface area contributed by atoms with Crippen molar-refractivity contribution in [3.8, 4) is 0 Å². The minimum absolute atomic E-state index is 0.0930. The number of amides is 1. The van der Waals surface area contributed by atoms with E-state index in [2.05, 4.69) is 23.5 Å². The molecule has 2 heterocycles. The van der Waals surface area contributed by atoms with E-state index in [4.69, 9.17) is 4.98 Å². The van der Waals surface area contributed by atoms with Crippen molar-refractivity contribution in [3.63, 3.8) is 0 Å². The highest BCUT2D eigenvalue weighted by Gasteiger charge is 2.32. The number of hydrogen-bond donors (Lipinski definition) is 2. The number of rotatable bonds is 4. The number of fused-ring (bicyclic) bond motifs is 1. The number of thiazole rings is 1. The van der Waals surface area contributed by atoms with Gasteiger partial charge in [-0.05, 0) is 49.9 Å². The molecule has 0 aliphatic carbocycles. The summed E-state index contributed by atoms with van der Waals surface area (Å²) in [6, 6.07) is 14.7. The number of likely N-dealkylation sites (tertiary alicyclic amines) is 1. The maximum absolute atomic E-state index is 12.8. The molecule has 1 aliphatic rings. The zero-order chi connectivity index (χ0) is 18.8. The Bertz CT molecular complexity index is 912. The van der Waals surface area contributed by atoms with Gasteiger partial charge in [0, 0.05) is 12.1 Å². The lowest BCUT2D eigenvalue weighted by Gasteiger charge is -2.30. The Hall–Kier alpha value is -2.24. The molecule has 2 N–H and O–H groups in total. The number of aryl methyl sites for hydroxylation is 2. The number of carbonyl (C=O) groups excluding carboxylic acids is 1. The van der Waals surface area contributed by atoms with Crippen LogP contribution in [0.5, 0.6) is 0 Å². The lowest BCUT2D eigenvalue weighted by molar-refractivity contribution is -0.929. The third kappa shape index (κ3) is 3.89. The molecule has 4 nitrogen and oxygen atoms in total. The third-order valence-electron chi connectivity index (χ3n) is 5.48. The van der Waals surface area contributed by atoms with Crippen LogP contribution in [0.2, 0.25) is 0 Å². The summed E-state index contributed by atoms with van der Waals surface area (Å²) in [5.41, 5.74) is 4.25. The molecule has 0 spiro atoms. The van der Waals surface area contributed by atoms with Crippen molar-refractivity contribution in [2.75, 3.05) is 18.4 Å². The number of nitrogens with zero attached hydrogens (tertiary/aromatic N) is 1. The molecule has 27 heavy (non-hydrogen) atoms. The van der Waals surface area contributed by atoms with Crippen molar-refractivity contribution >= 4 is 33.1 Å². The standard InChI is InChI=1S/C22H25N3OS/c1-15-8-7-9-16(2)21(15)24-20(26)14-25-13-6-5-11-18(25)22-23-17-10-3-4-12-19(17)27-22/h3-4,7-10,12,18H,5-6,11,13-14H2,1-2H3,(H,24,26)/p+1/t18-/m1/s1. The average molecular weight is 381 g/mol. The van der Waals surface area contributed by atoms with Crippen LogP contribution in [0.25, 0.3) is 10.2 Å². The van der Waals surface area contributed by atoms with Gasteiger partial charge in [-0.25, -0.2) is 4.98 Å². The van der Waals surface area contributed by atoms with Gasteiger partial charge in [0.1, 0.15) is 6.04 Å². The van der Waals surface area contributed by atoms with Gasteiger partial charge in [-0.1, -0.05) is 30.3 Å². The summed E-state index contributed by atoms with van der Waals surface area (Å²) in [5.74, 6) is 0.0930. The molecular formula is C22H26N3OS+. The highest BCUT2D eigenvalue weighted by Crippen LogP contribution is 2.28. The summed E-state index contributed by atoms with van der Waals surface area (Å²) < 4.78 is 1.23. The van der Waals surface area contributed by atoms with Gasteiger partial charge in [-0.2, -0.15) is 0 Å². The van der Waals surface area contributed by atoms with Crippen molar-refractivity contribution in [3.05, 3.63) is 58.6 Å². The number of quaternary nitrogens is 1. The Morgan fingerprint density at radius 1 is 1.15 bits per heavy atom. The number of anilines is 1. The number of nitrogens with one attached hydrogen (secondary N) is 2. The number of aromatic nitrogens is 1. The predicted octanol–water partition coefficient (Wildman–Crippen LogP) is 3.66. The van der Waals surface area contributed by atoms with E-state index in [-0.39, 0.29) is 5.91 Å². The Balaban J connectivity index is 1.51. The molecule has 1 amide bonds. The quantitative estimate of drug-likeness (QED) is 0.726. The minimum atomic E-state index is 0.0930. The first-order chi connectivity index (χ1) is 13.1. The lowest BCUT2D eigenvalue weighted by atomic mass is 10.0. The Kier molecular flexibility index (Phi) is 5.23. The second-order valence-corrected chi connectivity index (χ2v) is 8.53. The summed E-state index contributed by atoms with van der Waals surface area (Å²) in [4.78, 5) is 19.0. The summed E-state index contributed by atoms with van der Waals surface area (Å²) in [6.07, 6.45) is 3.49. The van der Waals surface area contributed by atoms with Gasteiger partial charge >= 0.3 is 0 Å². The zero-order valence-corrected chi connectivity index (χ0v) is 16.7. The second kappa shape index (κ2) is 7.79. The molecule has 4 rings (SSSR count). The maximum Gasteiger partial charge on any atom is 0.279 e. The van der Waals surface area contributed by atoms with Gasteiger partial charge in [0.25, 0.3) is 5.91 Å². The molecule has 0 radical (unpaired) electrons. The molecule has 1 aliphatic heterocycles. The van der Waals surface area contributed by atoms with E-state index in [0.717, 1.165) is 35.3 Å². The lowest BCUT2D eigenvalue weighted by Crippen LogP contribution is -3.14. The molecule has 1 unspecified atom stereocenters. The summed E-state index contributed by atoms with van der Waals surface area (Å²) in [7, 11) is 0. The minimum Gasteiger partial charge on any atom is -0.321 e. The van der Waals surface area contributed by atoms with Crippen molar-refractivity contribution in [1.82, 2.24) is 4.98 Å². The normalized spacial score (nSPS) is 19.9. The van der Waals surface area contributed by atoms with Crippen molar-refractivity contribution in [2.45, 2.75) is 39.2 Å². The van der Waals surface area contributed by atoms with E-state index in [0.29, 0.717) is 12.6 Å². The van der Waals surface area contributed by atoms with Gasteiger partial charge in [-0.3, -0.25) is 4.79 Å². The first kappa shape index (κ1) is 18.1. The third-order valence-corrected chi connectivity index (χ3v) is 6.63. The highest BCUT2D eigenvalue weighted by atomic mass is 32.1. The van der Waals surface area contributed by atoms with Crippen LogP contribution < -0.4 is 10.2 Å². The molecular weight excluding hydrogens is 354 g/mol. The van der Waals surface area contributed by atoms with Gasteiger partial charge in [0.05, 0.1) is 16.8 Å². The fourth-order valence-electron chi connectivity index (χ4n) is 4.03. The van der Waals surface area contributed by atoms with Crippen molar-refractivity contribution in [1.29, 1.82) is 0 Å². The molecule has 3 aromatic rings. The molecule has 1 fully saturated rings. The first-order valence-corrected chi connectivity index (χ1v) is 10.5. The molecule has 2 aromatic carbocycles. The SMILES string of the molecule is Cc1cccc(C)c1NC(=O)C[NH+]1CCCC[C@@H]1c1nc2ccccc2s1. The van der Waals surface area contributed by atoms with Crippen LogP contribution >= 0.6 is 11.3 Å². The van der Waals surface area contributed by atoms with Crippen LogP contribution in [-0.4, -0.2) is 24.0 Å². The van der Waals surface area contributed by atoms with E-state index in [1.54, 1.807) is 11.3 Å². The number of hydrogen-bond acceptors (Lipinski definition) is 3. The van der Waals surface area contributed by atoms with Crippen LogP contribution in [0.1, 0.15) is 41.4 Å². The van der Waals surface area contributed by atoms with Crippen LogP contribution in [0.3, 0.4) is 0 Å². The van der Waals surface area contributed by atoms with E-state index >= 15 is 0 Å². The number of benzene rings is 2. The van der Waals surface area contributed by atoms with E-state index in [1.807, 2.05) is 38.1 Å². The van der Waals surface area contributed by atoms with Crippen LogP contribution in [0.4, 0.5) is 5.69 Å². The van der Waals surface area contributed by atoms with Gasteiger partial charge in [0.2, 0.25) is 0 Å². The van der Waals surface area contributed by atoms with Crippen LogP contribution in [0.15, 0.2) is 42.5 Å². The molecule has 0 saturated carbocycles. The van der Waals surface area contributed by atoms with E-state index in [1.165, 1.54) is 27.4 Å². The van der Waals surface area contributed by atoms with Crippen LogP contribution in [0, 0.1) is 13.8 Å². The van der Waals surface area contributed by atoms with Gasteiger partial charge in [0.15, 0.2) is 11.6 Å². The Morgan fingerprint density at radius 3 is 2.70 bits per heavy atom. The number of piperidine rings is 1. The summed E-state index contributed by atoms with van der Waals surface area (Å²) >= 11 is 1.78. The van der Waals surface area contributed by atoms with E-state index < -0.39 is 0 Å². The number of carbonyl (C=O) groups is 1. The fraction of sp³-hybridized carbons (Fsp3) is 0.364. The monoisotopic (exact) mass is 380 g/mol. The number of para-hydroxylation sites is 2. The highest BCUT2D eigenvalue weighted by molar-refractivity contribution is 7.18. The van der Waals surface area contributed by atoms with Gasteiger partial charge in [-0.15, -0.1) is 11.3 Å². The second-order valence-electron chi connectivity index (χ2n) is 7.47. The van der Waals surface area contributed by atoms with E-state index in [9.17, 15) is 4.79 Å². The largest absolute Gasteiger partial charge is 0.321 e. The van der Waals surface area contributed by atoms with Crippen molar-refractivity contribution < 1.29 is 9.69 Å². The molecule has 0 bridgehead atoms. The molecule has 2 atom stereocenters. The average Bonchev–Trinajstić information content (AvgIpc) is 3.09. The molecule has 1 aromatic heterocycles. The maximum atomic E-state index is 12.8. The predicted molar refractivity (Wildman–Crippen MR) is 111 cm³/mol. The Morgan fingerprint density at radius 2 is 1.93 bits per heavy atom. The Labute approximate surface area is 164 Å². The smallest absolute Gasteiger partial charge is 0.279 e. The molecule has 140 valence electrons. The topological polar surface area (TPSA) is 46.4 Å². The van der Waals surface area contributed by atoms with Gasteiger partial charge < -0.3 is 10.2 Å². The fourth-order valence-corrected chi connectivity index (χ4v) is 5.19. The van der Waals surface area contributed by atoms with Crippen LogP contribution in [-0.2, 0) is 4.79 Å². The molecule has 5 heteroatoms. The molecule has 1 saturated heterocycles.